The van der Waals surface area contributed by atoms with E-state index >= 15 is 0 Å². The molecule has 6 rings (SSSR count). The molecule has 10 heteroatoms. The van der Waals surface area contributed by atoms with Gasteiger partial charge in [-0.1, -0.05) is 42.0 Å². The second-order valence-electron chi connectivity index (χ2n) is 9.06. The Morgan fingerprint density at radius 3 is 2.74 bits per heavy atom. The van der Waals surface area contributed by atoms with Gasteiger partial charge < -0.3 is 19.3 Å². The average molecular weight is 563 g/mol. The molecule has 8 nitrogen and oxygen atoms in total. The number of thiazole rings is 1. The number of aromatic nitrogens is 1. The first-order valence-corrected chi connectivity index (χ1v) is 13.6. The Morgan fingerprint density at radius 1 is 1.10 bits per heavy atom. The summed E-state index contributed by atoms with van der Waals surface area (Å²) in [4.78, 5) is 33.1. The number of carbonyl (C=O) groups is 2. The molecular formula is C29H23ClN2O6S. The number of hydrogen-bond donors (Lipinski definition) is 1. The maximum absolute atomic E-state index is 13.6. The van der Waals surface area contributed by atoms with E-state index in [-0.39, 0.29) is 11.3 Å². The molecule has 0 radical (unpaired) electrons. The lowest BCUT2D eigenvalue weighted by molar-refractivity contribution is -0.132. The van der Waals surface area contributed by atoms with E-state index in [1.165, 1.54) is 16.2 Å². The molecular weight excluding hydrogens is 540 g/mol. The number of carbonyl (C=O) groups excluding carboxylic acids is 2. The van der Waals surface area contributed by atoms with Gasteiger partial charge in [0.05, 0.1) is 28.4 Å². The highest BCUT2D eigenvalue weighted by Crippen LogP contribution is 2.45. The highest BCUT2D eigenvalue weighted by molar-refractivity contribution is 7.22. The number of amides is 1. The minimum Gasteiger partial charge on any atom is -0.507 e. The number of benzene rings is 3. The van der Waals surface area contributed by atoms with E-state index in [0.29, 0.717) is 63.9 Å². The molecule has 3 aromatic carbocycles. The van der Waals surface area contributed by atoms with Crippen molar-refractivity contribution >= 4 is 55.7 Å². The number of ether oxygens (including phenoxy) is 3. The van der Waals surface area contributed by atoms with Gasteiger partial charge in [0, 0.05) is 10.6 Å². The van der Waals surface area contributed by atoms with Crippen LogP contribution in [0.4, 0.5) is 5.13 Å². The molecule has 198 valence electrons. The summed E-state index contributed by atoms with van der Waals surface area (Å²) in [6.45, 7) is 3.31. The van der Waals surface area contributed by atoms with Gasteiger partial charge in [0.2, 0.25) is 0 Å². The smallest absolute Gasteiger partial charge is 0.301 e. The van der Waals surface area contributed by atoms with Crippen LogP contribution in [0, 0.1) is 0 Å². The van der Waals surface area contributed by atoms with Crippen LogP contribution in [0.1, 0.15) is 30.5 Å². The number of ketones is 1. The summed E-state index contributed by atoms with van der Waals surface area (Å²) in [7, 11) is 0. The third-order valence-electron chi connectivity index (χ3n) is 6.45. The number of halogens is 1. The SMILES string of the molecule is CCCOc1cccc([C@H]2C(=C(O)c3ccc4c(c3)OCCO4)C(=O)C(=O)N2c2nc3ccc(Cl)cc3s2)c1. The fourth-order valence-electron chi connectivity index (χ4n) is 4.68. The topological polar surface area (TPSA) is 98.2 Å². The molecule has 39 heavy (non-hydrogen) atoms. The number of aliphatic hydroxyl groups excluding tert-OH is 1. The Labute approximate surface area is 233 Å². The van der Waals surface area contributed by atoms with Gasteiger partial charge in [-0.05, 0) is 60.5 Å². The predicted octanol–water partition coefficient (Wildman–Crippen LogP) is 6.14. The van der Waals surface area contributed by atoms with Crippen molar-refractivity contribution in [3.8, 4) is 17.2 Å². The van der Waals surface area contributed by atoms with E-state index in [9.17, 15) is 14.7 Å². The molecule has 1 atom stereocenters. The molecule has 0 aliphatic carbocycles. The van der Waals surface area contributed by atoms with Gasteiger partial charge in [-0.2, -0.15) is 0 Å². The van der Waals surface area contributed by atoms with Crippen molar-refractivity contribution in [2.45, 2.75) is 19.4 Å². The Morgan fingerprint density at radius 2 is 1.92 bits per heavy atom. The van der Waals surface area contributed by atoms with Crippen molar-refractivity contribution in [1.82, 2.24) is 4.98 Å². The van der Waals surface area contributed by atoms with Gasteiger partial charge in [-0.15, -0.1) is 0 Å². The summed E-state index contributed by atoms with van der Waals surface area (Å²) in [5.41, 5.74) is 1.52. The maximum atomic E-state index is 13.6. The molecule has 1 aromatic heterocycles. The molecule has 4 aromatic rings. The first kappa shape index (κ1) is 25.2. The quantitative estimate of drug-likeness (QED) is 0.171. The summed E-state index contributed by atoms with van der Waals surface area (Å²) in [6, 6.07) is 16.4. The van der Waals surface area contributed by atoms with Crippen molar-refractivity contribution in [2.75, 3.05) is 24.7 Å². The Balaban J connectivity index is 1.52. The van der Waals surface area contributed by atoms with Crippen LogP contribution in [-0.4, -0.2) is 41.6 Å². The standard InChI is InChI=1S/C29H23ClN2O6S/c1-2-10-36-19-5-3-4-16(13-19)25-24(26(33)17-6-9-21-22(14-17)38-12-11-37-21)27(34)28(35)32(25)29-31-20-8-7-18(30)15-23(20)39-29/h3-9,13-15,25,33H,2,10-12H2,1H3/t25-/m0/s1. The lowest BCUT2D eigenvalue weighted by atomic mass is 9.95. The molecule has 0 saturated carbocycles. The zero-order valence-electron chi connectivity index (χ0n) is 20.8. The summed E-state index contributed by atoms with van der Waals surface area (Å²) in [6.07, 6.45) is 0.821. The summed E-state index contributed by atoms with van der Waals surface area (Å²) in [5.74, 6) is -0.330. The van der Waals surface area contributed by atoms with Crippen LogP contribution in [0.3, 0.4) is 0 Å². The number of Topliss-reactive ketones (excluding diaryl/α,β-unsaturated/α-hetero) is 1. The molecule has 1 saturated heterocycles. The van der Waals surface area contributed by atoms with Gasteiger partial charge in [0.25, 0.3) is 5.78 Å². The Hall–Kier alpha value is -4.08. The van der Waals surface area contributed by atoms with Crippen molar-refractivity contribution in [3.05, 3.63) is 82.4 Å². The average Bonchev–Trinajstić information content (AvgIpc) is 3.48. The second-order valence-corrected chi connectivity index (χ2v) is 10.5. The second kappa shape index (κ2) is 10.2. The third-order valence-corrected chi connectivity index (χ3v) is 7.70. The van der Waals surface area contributed by atoms with Crippen LogP contribution in [0.15, 0.2) is 66.2 Å². The van der Waals surface area contributed by atoms with E-state index in [1.54, 1.807) is 54.6 Å². The molecule has 0 spiro atoms. The van der Waals surface area contributed by atoms with E-state index in [4.69, 9.17) is 25.8 Å². The molecule has 0 unspecified atom stereocenters. The van der Waals surface area contributed by atoms with Crippen LogP contribution >= 0.6 is 22.9 Å². The molecule has 0 bridgehead atoms. The van der Waals surface area contributed by atoms with Gasteiger partial charge in [0.15, 0.2) is 16.6 Å². The normalized spacial score (nSPS) is 18.1. The molecule has 2 aliphatic rings. The molecule has 1 N–H and O–H groups in total. The first-order chi connectivity index (χ1) is 18.9. The largest absolute Gasteiger partial charge is 0.507 e. The van der Waals surface area contributed by atoms with E-state index < -0.39 is 17.7 Å². The van der Waals surface area contributed by atoms with Crippen molar-refractivity contribution < 1.29 is 28.9 Å². The molecule has 1 fully saturated rings. The van der Waals surface area contributed by atoms with Crippen molar-refractivity contribution in [2.24, 2.45) is 0 Å². The lowest BCUT2D eigenvalue weighted by Gasteiger charge is -2.23. The van der Waals surface area contributed by atoms with E-state index in [1.807, 2.05) is 13.0 Å². The van der Waals surface area contributed by atoms with E-state index in [2.05, 4.69) is 4.98 Å². The van der Waals surface area contributed by atoms with Crippen LogP contribution in [-0.2, 0) is 9.59 Å². The predicted molar refractivity (Wildman–Crippen MR) is 149 cm³/mol. The van der Waals surface area contributed by atoms with Gasteiger partial charge in [-0.25, -0.2) is 4.98 Å². The lowest BCUT2D eigenvalue weighted by Crippen LogP contribution is -2.29. The summed E-state index contributed by atoms with van der Waals surface area (Å²) >= 11 is 7.42. The fourth-order valence-corrected chi connectivity index (χ4v) is 5.94. The first-order valence-electron chi connectivity index (χ1n) is 12.4. The van der Waals surface area contributed by atoms with Gasteiger partial charge in [-0.3, -0.25) is 14.5 Å². The Kier molecular flexibility index (Phi) is 6.62. The molecule has 1 amide bonds. The number of hydrogen-bond acceptors (Lipinski definition) is 8. The Bertz CT molecular complexity index is 1650. The fraction of sp³-hybridized carbons (Fsp3) is 0.207. The molecule has 3 heterocycles. The van der Waals surface area contributed by atoms with E-state index in [0.717, 1.165) is 11.1 Å². The number of nitrogens with zero attached hydrogens (tertiary/aromatic N) is 2. The van der Waals surface area contributed by atoms with Crippen LogP contribution in [0.25, 0.3) is 16.0 Å². The zero-order chi connectivity index (χ0) is 27.1. The monoisotopic (exact) mass is 562 g/mol. The number of rotatable bonds is 6. The number of fused-ring (bicyclic) bond motifs is 2. The van der Waals surface area contributed by atoms with Gasteiger partial charge >= 0.3 is 5.91 Å². The third kappa shape index (κ3) is 4.57. The zero-order valence-corrected chi connectivity index (χ0v) is 22.4. The minimum atomic E-state index is -0.945. The number of anilines is 1. The highest BCUT2D eigenvalue weighted by Gasteiger charge is 2.48. The van der Waals surface area contributed by atoms with Crippen LogP contribution in [0.2, 0.25) is 5.02 Å². The maximum Gasteiger partial charge on any atom is 0.301 e. The minimum absolute atomic E-state index is 0.0541. The summed E-state index contributed by atoms with van der Waals surface area (Å²) < 4.78 is 17.9. The van der Waals surface area contributed by atoms with Crippen LogP contribution in [0.5, 0.6) is 17.2 Å². The van der Waals surface area contributed by atoms with Crippen molar-refractivity contribution in [3.63, 3.8) is 0 Å². The number of aliphatic hydroxyl groups is 1. The highest BCUT2D eigenvalue weighted by atomic mass is 35.5. The van der Waals surface area contributed by atoms with Crippen LogP contribution < -0.4 is 19.1 Å². The van der Waals surface area contributed by atoms with Gasteiger partial charge in [0.1, 0.15) is 24.7 Å². The molecule has 2 aliphatic heterocycles. The summed E-state index contributed by atoms with van der Waals surface area (Å²) in [5, 5.41) is 12.4. The van der Waals surface area contributed by atoms with Crippen molar-refractivity contribution in [1.29, 1.82) is 0 Å².